The number of primary sulfonamides is 1. The Kier molecular flexibility index (Phi) is 6.49. The number of anilines is 1. The fourth-order valence-electron chi connectivity index (χ4n) is 3.57. The number of amides is 1. The third-order valence-electron chi connectivity index (χ3n) is 5.00. The summed E-state index contributed by atoms with van der Waals surface area (Å²) in [5.74, 6) is 0.604. The zero-order chi connectivity index (χ0) is 20.1. The third-order valence-corrected chi connectivity index (χ3v) is 5.93. The molecule has 0 aliphatic carbocycles. The van der Waals surface area contributed by atoms with Crippen molar-refractivity contribution in [1.29, 1.82) is 0 Å². The average molecular weight is 402 g/mol. The van der Waals surface area contributed by atoms with Crippen LogP contribution in [0.15, 0.2) is 53.4 Å². The van der Waals surface area contributed by atoms with E-state index >= 15 is 0 Å². The average Bonchev–Trinajstić information content (AvgIpc) is 2.63. The Labute approximate surface area is 166 Å². The Hall–Kier alpha value is -2.22. The molecular formula is C21H27N3O3S. The molecule has 0 spiro atoms. The van der Waals surface area contributed by atoms with Crippen molar-refractivity contribution >= 4 is 21.6 Å². The minimum Gasteiger partial charge on any atom is -0.326 e. The minimum absolute atomic E-state index is 0.0374. The van der Waals surface area contributed by atoms with Crippen molar-refractivity contribution in [1.82, 2.24) is 4.90 Å². The monoisotopic (exact) mass is 401 g/mol. The maximum absolute atomic E-state index is 12.2. The second-order valence-electron chi connectivity index (χ2n) is 7.59. The van der Waals surface area contributed by atoms with E-state index in [4.69, 9.17) is 5.14 Å². The highest BCUT2D eigenvalue weighted by Gasteiger charge is 2.16. The lowest BCUT2D eigenvalue weighted by atomic mass is 10.00. The number of rotatable bonds is 6. The lowest BCUT2D eigenvalue weighted by Crippen LogP contribution is -2.33. The molecule has 0 radical (unpaired) electrons. The second-order valence-corrected chi connectivity index (χ2v) is 9.15. The van der Waals surface area contributed by atoms with E-state index in [1.165, 1.54) is 30.5 Å². The van der Waals surface area contributed by atoms with Crippen molar-refractivity contribution < 1.29 is 13.2 Å². The molecule has 2 aromatic carbocycles. The highest BCUT2D eigenvalue weighted by Crippen LogP contribution is 2.19. The normalized spacial score (nSPS) is 18.0. The van der Waals surface area contributed by atoms with Crippen molar-refractivity contribution in [2.45, 2.75) is 37.6 Å². The SMILES string of the molecule is CC1CCCN(Cc2ccc(NC(=O)Cc3ccc(S(N)(=O)=O)cc3)cc2)C1. The van der Waals surface area contributed by atoms with Crippen LogP contribution in [0.2, 0.25) is 0 Å². The van der Waals surface area contributed by atoms with E-state index < -0.39 is 10.0 Å². The first-order valence-electron chi connectivity index (χ1n) is 9.52. The smallest absolute Gasteiger partial charge is 0.238 e. The Morgan fingerprint density at radius 1 is 1.11 bits per heavy atom. The number of benzene rings is 2. The Morgan fingerprint density at radius 3 is 2.36 bits per heavy atom. The van der Waals surface area contributed by atoms with Gasteiger partial charge in [-0.3, -0.25) is 9.69 Å². The molecule has 0 saturated carbocycles. The molecule has 1 fully saturated rings. The van der Waals surface area contributed by atoms with Crippen LogP contribution >= 0.6 is 0 Å². The number of piperidine rings is 1. The molecule has 2 aromatic rings. The number of hydrogen-bond acceptors (Lipinski definition) is 4. The Bertz CT molecular complexity index is 909. The van der Waals surface area contributed by atoms with E-state index in [2.05, 4.69) is 29.3 Å². The van der Waals surface area contributed by atoms with Gasteiger partial charge in [-0.25, -0.2) is 13.6 Å². The molecule has 0 aromatic heterocycles. The van der Waals surface area contributed by atoms with E-state index in [-0.39, 0.29) is 17.2 Å². The zero-order valence-corrected chi connectivity index (χ0v) is 16.9. The van der Waals surface area contributed by atoms with E-state index in [0.29, 0.717) is 0 Å². The van der Waals surface area contributed by atoms with E-state index in [1.807, 2.05) is 12.1 Å². The van der Waals surface area contributed by atoms with Crippen molar-refractivity contribution in [3.05, 3.63) is 59.7 Å². The Balaban J connectivity index is 1.52. The van der Waals surface area contributed by atoms with Crippen LogP contribution in [0.4, 0.5) is 5.69 Å². The maximum Gasteiger partial charge on any atom is 0.238 e. The fourth-order valence-corrected chi connectivity index (χ4v) is 4.08. The van der Waals surface area contributed by atoms with Crippen molar-refractivity contribution in [2.24, 2.45) is 11.1 Å². The predicted octanol–water partition coefficient (Wildman–Crippen LogP) is 2.75. The first-order chi connectivity index (χ1) is 13.3. The first-order valence-corrected chi connectivity index (χ1v) is 11.1. The molecule has 1 atom stereocenters. The largest absolute Gasteiger partial charge is 0.326 e. The lowest BCUT2D eigenvalue weighted by Gasteiger charge is -2.30. The standard InChI is InChI=1S/C21H27N3O3S/c1-16-3-2-12-24(14-16)15-18-4-8-19(9-5-18)23-21(25)13-17-6-10-20(11-7-17)28(22,26)27/h4-11,16H,2-3,12-15H2,1H3,(H,23,25)(H2,22,26,27). The predicted molar refractivity (Wildman–Crippen MR) is 110 cm³/mol. The Morgan fingerprint density at radius 2 is 1.75 bits per heavy atom. The highest BCUT2D eigenvalue weighted by atomic mass is 32.2. The number of nitrogens with two attached hydrogens (primary N) is 1. The number of carbonyl (C=O) groups is 1. The molecule has 28 heavy (non-hydrogen) atoms. The molecule has 1 saturated heterocycles. The maximum atomic E-state index is 12.2. The topological polar surface area (TPSA) is 92.5 Å². The molecule has 1 aliphatic rings. The van der Waals surface area contributed by atoms with E-state index in [0.717, 1.165) is 36.8 Å². The van der Waals surface area contributed by atoms with E-state index in [1.54, 1.807) is 12.1 Å². The van der Waals surface area contributed by atoms with Gasteiger partial charge in [-0.2, -0.15) is 0 Å². The summed E-state index contributed by atoms with van der Waals surface area (Å²) >= 11 is 0. The molecule has 0 bridgehead atoms. The number of hydrogen-bond donors (Lipinski definition) is 2. The van der Waals surface area contributed by atoms with Gasteiger partial charge in [0, 0.05) is 18.8 Å². The summed E-state index contributed by atoms with van der Waals surface area (Å²) in [6.07, 6.45) is 2.73. The van der Waals surface area contributed by atoms with Gasteiger partial charge in [-0.1, -0.05) is 31.2 Å². The van der Waals surface area contributed by atoms with Gasteiger partial charge >= 0.3 is 0 Å². The second kappa shape index (κ2) is 8.86. The van der Waals surface area contributed by atoms with Gasteiger partial charge in [0.25, 0.3) is 0 Å². The summed E-state index contributed by atoms with van der Waals surface area (Å²) in [6.45, 7) is 5.53. The highest BCUT2D eigenvalue weighted by molar-refractivity contribution is 7.89. The molecule has 1 unspecified atom stereocenters. The van der Waals surface area contributed by atoms with Crippen LogP contribution in [-0.4, -0.2) is 32.3 Å². The van der Waals surface area contributed by atoms with Crippen LogP contribution < -0.4 is 10.5 Å². The number of nitrogens with one attached hydrogen (secondary N) is 1. The van der Waals surface area contributed by atoms with Crippen molar-refractivity contribution in [2.75, 3.05) is 18.4 Å². The molecule has 1 amide bonds. The third kappa shape index (κ3) is 5.89. The molecule has 3 rings (SSSR count). The molecule has 150 valence electrons. The van der Waals surface area contributed by atoms with Crippen LogP contribution in [-0.2, 0) is 27.8 Å². The van der Waals surface area contributed by atoms with Gasteiger partial charge in [0.2, 0.25) is 15.9 Å². The van der Waals surface area contributed by atoms with Gasteiger partial charge < -0.3 is 5.32 Å². The summed E-state index contributed by atoms with van der Waals surface area (Å²) in [6, 6.07) is 14.0. The quantitative estimate of drug-likeness (QED) is 0.778. The summed E-state index contributed by atoms with van der Waals surface area (Å²) in [5, 5.41) is 7.96. The number of carbonyl (C=O) groups excluding carboxylic acids is 1. The van der Waals surface area contributed by atoms with Crippen molar-refractivity contribution in [3.8, 4) is 0 Å². The number of likely N-dealkylation sites (tertiary alicyclic amines) is 1. The van der Waals surface area contributed by atoms with Crippen LogP contribution in [0.1, 0.15) is 30.9 Å². The first kappa shape index (κ1) is 20.5. The minimum atomic E-state index is -3.72. The molecule has 7 heteroatoms. The van der Waals surface area contributed by atoms with Gasteiger partial charge in [0.15, 0.2) is 0 Å². The van der Waals surface area contributed by atoms with Crippen LogP contribution in [0, 0.1) is 5.92 Å². The summed E-state index contributed by atoms with van der Waals surface area (Å²) in [5.41, 5.74) is 2.72. The molecule has 6 nitrogen and oxygen atoms in total. The summed E-state index contributed by atoms with van der Waals surface area (Å²) < 4.78 is 22.5. The molecule has 3 N–H and O–H groups in total. The molecule has 1 aliphatic heterocycles. The fraction of sp³-hybridized carbons (Fsp3) is 0.381. The van der Waals surface area contributed by atoms with Gasteiger partial charge in [0.1, 0.15) is 0 Å². The summed E-state index contributed by atoms with van der Waals surface area (Å²) in [4.78, 5) is 14.8. The van der Waals surface area contributed by atoms with Gasteiger partial charge in [-0.05, 0) is 60.7 Å². The van der Waals surface area contributed by atoms with Crippen LogP contribution in [0.5, 0.6) is 0 Å². The zero-order valence-electron chi connectivity index (χ0n) is 16.1. The lowest BCUT2D eigenvalue weighted by molar-refractivity contribution is -0.115. The van der Waals surface area contributed by atoms with Crippen LogP contribution in [0.25, 0.3) is 0 Å². The van der Waals surface area contributed by atoms with Crippen LogP contribution in [0.3, 0.4) is 0 Å². The van der Waals surface area contributed by atoms with E-state index in [9.17, 15) is 13.2 Å². The van der Waals surface area contributed by atoms with Crippen molar-refractivity contribution in [3.63, 3.8) is 0 Å². The van der Waals surface area contributed by atoms with Gasteiger partial charge in [-0.15, -0.1) is 0 Å². The molecular weight excluding hydrogens is 374 g/mol. The number of nitrogens with zero attached hydrogens (tertiary/aromatic N) is 1. The van der Waals surface area contributed by atoms with Gasteiger partial charge in [0.05, 0.1) is 11.3 Å². The molecule has 1 heterocycles. The number of sulfonamides is 1. The summed E-state index contributed by atoms with van der Waals surface area (Å²) in [7, 11) is -3.72.